The maximum atomic E-state index is 8.89. The molecule has 0 saturated heterocycles. The summed E-state index contributed by atoms with van der Waals surface area (Å²) < 4.78 is 0. The predicted octanol–water partition coefficient (Wildman–Crippen LogP) is -1.37. The summed E-state index contributed by atoms with van der Waals surface area (Å²) >= 11 is 0. The van der Waals surface area contributed by atoms with Gasteiger partial charge in [-0.05, 0) is 6.92 Å². The van der Waals surface area contributed by atoms with Crippen LogP contribution in [-0.2, 0) is 44.4 Å². The third-order valence-corrected chi connectivity index (χ3v) is 0. The van der Waals surface area contributed by atoms with Gasteiger partial charge in [0.1, 0.15) is 0 Å². The number of aliphatic carboxylic acids is 1. The fraction of sp³-hybridized carbons (Fsp3) is 0.500. The molecule has 0 aliphatic rings. The zero-order valence-corrected chi connectivity index (χ0v) is 5.84. The molecule has 3 nitrogen and oxygen atoms in total. The second-order valence-corrected chi connectivity index (χ2v) is 0.492. The molecule has 5 heteroatoms. The number of carbonyl (C=O) groups excluding carboxylic acids is 1. The Labute approximate surface area is 62.7 Å². The molecule has 0 saturated carbocycles. The molecule has 0 N–H and O–H groups in total. The molecule has 0 atom stereocenters. The molecular weight excluding hydrogens is 182 g/mol. The van der Waals surface area contributed by atoms with Crippen molar-refractivity contribution in [1.29, 1.82) is 0 Å². The monoisotopic (exact) mass is 185 g/mol. The molecule has 0 aromatic carbocycles. The van der Waals surface area contributed by atoms with Gasteiger partial charge in [-0.1, -0.05) is 0 Å². The fourth-order valence-corrected chi connectivity index (χ4v) is 0. The van der Waals surface area contributed by atoms with Crippen LogP contribution in [0.15, 0.2) is 0 Å². The second kappa shape index (κ2) is 16.1. The van der Waals surface area contributed by atoms with E-state index in [4.69, 9.17) is 9.90 Å². The van der Waals surface area contributed by atoms with E-state index in [1.807, 2.05) is 0 Å². The van der Waals surface area contributed by atoms with E-state index in [1.54, 1.807) is 0 Å². The Morgan fingerprint density at radius 3 is 1.43 bits per heavy atom. The summed E-state index contributed by atoms with van der Waals surface area (Å²) in [6.45, 7) is 0.972. The maximum absolute atomic E-state index is 8.89. The first-order valence-electron chi connectivity index (χ1n) is 0.908. The topological polar surface area (TPSA) is 68.6 Å². The predicted molar refractivity (Wildman–Crippen MR) is 11.4 cm³/mol. The van der Waals surface area contributed by atoms with Crippen molar-refractivity contribution >= 4 is 5.97 Å². The summed E-state index contributed by atoms with van der Waals surface area (Å²) in [5.41, 5.74) is 0. The van der Waals surface area contributed by atoms with Gasteiger partial charge in [-0.25, -0.2) is 0 Å². The van der Waals surface area contributed by atoms with E-state index in [2.05, 4.69) is 0 Å². The summed E-state index contributed by atoms with van der Waals surface area (Å²) in [4.78, 5) is 8.89. The summed E-state index contributed by atoms with van der Waals surface area (Å²) in [6.07, 6.45) is 0. The largest absolute Gasteiger partial charge is 2.00 e. The molecule has 0 bridgehead atoms. The average molecular weight is 185 g/mol. The van der Waals surface area contributed by atoms with Crippen LogP contribution < -0.4 is 5.11 Å². The van der Waals surface area contributed by atoms with Crippen LogP contribution in [0, 0.1) is 0 Å². The van der Waals surface area contributed by atoms with Crippen LogP contribution in [0.2, 0.25) is 0 Å². The van der Waals surface area contributed by atoms with E-state index < -0.39 is 5.97 Å². The Hall–Kier alpha value is 0.469. The van der Waals surface area contributed by atoms with Gasteiger partial charge in [0.15, 0.2) is 0 Å². The molecule has 0 aliphatic carbocycles. The van der Waals surface area contributed by atoms with Gasteiger partial charge in [0.05, 0.1) is 0 Å². The number of carboxylic acid groups (broad SMARTS) is 1. The first kappa shape index (κ1) is 26.0. The molecule has 2 radical (unpaired) electrons. The molecule has 0 unspecified atom stereocenters. The van der Waals surface area contributed by atoms with Crippen LogP contribution in [-0.4, -0.2) is 5.97 Å². The summed E-state index contributed by atoms with van der Waals surface area (Å²) in [6, 6.07) is 0. The molecule has 0 aromatic rings. The van der Waals surface area contributed by atoms with Crippen LogP contribution in [0.3, 0.4) is 0 Å². The van der Waals surface area contributed by atoms with Crippen molar-refractivity contribution in [2.24, 2.45) is 0 Å². The van der Waals surface area contributed by atoms with Crippen LogP contribution >= 0.6 is 0 Å². The van der Waals surface area contributed by atoms with Gasteiger partial charge in [0.25, 0.3) is 0 Å². The first-order chi connectivity index (χ1) is 1.73. The van der Waals surface area contributed by atoms with Crippen LogP contribution in [0.4, 0.5) is 0 Å². The van der Waals surface area contributed by atoms with E-state index in [9.17, 15) is 0 Å². The molecule has 0 spiro atoms. The van der Waals surface area contributed by atoms with Crippen molar-refractivity contribution in [3.05, 3.63) is 0 Å². The number of hydrogen-bond acceptors (Lipinski definition) is 2. The molecule has 42 valence electrons. The molecular formula is C2H3Mn2O3+. The Bertz CT molecular complexity index is 33.9. The Morgan fingerprint density at radius 1 is 1.43 bits per heavy atom. The van der Waals surface area contributed by atoms with Gasteiger partial charge in [-0.15, -0.1) is 0 Å². The van der Waals surface area contributed by atoms with Gasteiger partial charge in [0, 0.05) is 5.97 Å². The minimum Gasteiger partial charge on any atom is -2.00 e. The SMILES string of the molecule is CC(=O)[O-].[Mn+2].[Mn+2].[O-2]. The Morgan fingerprint density at radius 2 is 1.43 bits per heavy atom. The third-order valence-electron chi connectivity index (χ3n) is 0. The minimum absolute atomic E-state index is 0. The average Bonchev–Trinajstić information content (AvgIpc) is 0.811. The summed E-state index contributed by atoms with van der Waals surface area (Å²) in [5.74, 6) is -1.08. The maximum Gasteiger partial charge on any atom is 2.00 e. The molecule has 0 fully saturated rings. The van der Waals surface area contributed by atoms with Crippen molar-refractivity contribution in [2.45, 2.75) is 6.92 Å². The fourth-order valence-electron chi connectivity index (χ4n) is 0. The van der Waals surface area contributed by atoms with Gasteiger partial charge in [-0.2, -0.15) is 0 Å². The second-order valence-electron chi connectivity index (χ2n) is 0.492. The molecule has 0 heterocycles. The molecule has 0 aromatic heterocycles. The Kier molecular flexibility index (Phi) is 59.7. The van der Waals surface area contributed by atoms with Gasteiger partial charge < -0.3 is 15.4 Å². The third kappa shape index (κ3) is 587. The van der Waals surface area contributed by atoms with E-state index in [0.29, 0.717) is 0 Å². The zero-order chi connectivity index (χ0) is 3.58. The summed E-state index contributed by atoms with van der Waals surface area (Å²) in [7, 11) is 0. The van der Waals surface area contributed by atoms with Crippen molar-refractivity contribution < 1.29 is 49.5 Å². The van der Waals surface area contributed by atoms with Gasteiger partial charge >= 0.3 is 34.1 Å². The number of carboxylic acids is 1. The van der Waals surface area contributed by atoms with Gasteiger partial charge in [0.2, 0.25) is 0 Å². The number of carbonyl (C=O) groups is 1. The van der Waals surface area contributed by atoms with E-state index in [1.165, 1.54) is 0 Å². The quantitative estimate of drug-likeness (QED) is 0.437. The zero-order valence-electron chi connectivity index (χ0n) is 3.48. The van der Waals surface area contributed by atoms with Crippen molar-refractivity contribution in [1.82, 2.24) is 0 Å². The normalized spacial score (nSPS) is 3.57. The smallest absolute Gasteiger partial charge is 2.00 e. The van der Waals surface area contributed by atoms with Crippen LogP contribution in [0.1, 0.15) is 6.92 Å². The van der Waals surface area contributed by atoms with Crippen molar-refractivity contribution in [2.75, 3.05) is 0 Å². The van der Waals surface area contributed by atoms with E-state index >= 15 is 0 Å². The van der Waals surface area contributed by atoms with Crippen molar-refractivity contribution in [3.8, 4) is 0 Å². The van der Waals surface area contributed by atoms with Crippen LogP contribution in [0.25, 0.3) is 0 Å². The molecule has 7 heavy (non-hydrogen) atoms. The van der Waals surface area contributed by atoms with Gasteiger partial charge in [-0.3, -0.25) is 0 Å². The number of hydrogen-bond donors (Lipinski definition) is 0. The van der Waals surface area contributed by atoms with Crippen molar-refractivity contribution in [3.63, 3.8) is 0 Å². The molecule has 0 rings (SSSR count). The molecule has 0 aliphatic heterocycles. The van der Waals surface area contributed by atoms with E-state index in [-0.39, 0.29) is 39.6 Å². The van der Waals surface area contributed by atoms with Crippen LogP contribution in [0.5, 0.6) is 0 Å². The molecule has 0 amide bonds. The minimum atomic E-state index is -1.08. The number of rotatable bonds is 0. The Balaban J connectivity index is -0.0000000150. The summed E-state index contributed by atoms with van der Waals surface area (Å²) in [5, 5.41) is 8.89. The first-order valence-corrected chi connectivity index (χ1v) is 0.908. The standard InChI is InChI=1S/C2H4O2.2Mn.O/c1-2(3)4;;;/h1H3,(H,3,4);;;/q;2*+2;-2/p-1. The van der Waals surface area contributed by atoms with E-state index in [0.717, 1.165) is 6.92 Å².